The number of hydrogen-bond acceptors (Lipinski definition) is 3. The number of ether oxygens (including phenoxy) is 2. The molecule has 0 fully saturated rings. The second kappa shape index (κ2) is 8.45. The monoisotopic (exact) mass is 319 g/mol. The Morgan fingerprint density at radius 1 is 1.44 bits per heavy atom. The molecule has 1 aromatic rings. The highest BCUT2D eigenvalue weighted by molar-refractivity contribution is 9.10. The zero-order valence-electron chi connectivity index (χ0n) is 10.7. The third-order valence-corrected chi connectivity index (χ3v) is 2.96. The lowest BCUT2D eigenvalue weighted by Crippen LogP contribution is -2.35. The largest absolute Gasteiger partial charge is 0.486 e. The van der Waals surface area contributed by atoms with Gasteiger partial charge < -0.3 is 14.8 Å². The van der Waals surface area contributed by atoms with Crippen LogP contribution in [0.3, 0.4) is 0 Å². The van der Waals surface area contributed by atoms with Gasteiger partial charge in [0.2, 0.25) is 0 Å². The highest BCUT2D eigenvalue weighted by Gasteiger charge is 2.12. The zero-order chi connectivity index (χ0) is 13.4. The van der Waals surface area contributed by atoms with Gasteiger partial charge in [0.15, 0.2) is 0 Å². The van der Waals surface area contributed by atoms with Crippen molar-refractivity contribution in [3.05, 3.63) is 28.5 Å². The van der Waals surface area contributed by atoms with Crippen LogP contribution in [0.4, 0.5) is 4.39 Å². The fourth-order valence-electron chi connectivity index (χ4n) is 1.51. The molecule has 1 aromatic carbocycles. The lowest BCUT2D eigenvalue weighted by Gasteiger charge is -2.19. The molecule has 102 valence electrons. The molecule has 0 saturated heterocycles. The first-order valence-electron chi connectivity index (χ1n) is 5.98. The standard InChI is InChI=1S/C13H19BrFNO2/c1-3-6-16-8-11(9-17-2)18-13-5-4-10(15)7-12(13)14/h4-5,7,11,16H,3,6,8-9H2,1-2H3. The van der Waals surface area contributed by atoms with Crippen molar-refractivity contribution in [2.24, 2.45) is 0 Å². The van der Waals surface area contributed by atoms with Crippen LogP contribution in [-0.2, 0) is 4.74 Å². The maximum atomic E-state index is 13.0. The van der Waals surface area contributed by atoms with Crippen molar-refractivity contribution in [3.63, 3.8) is 0 Å². The van der Waals surface area contributed by atoms with Gasteiger partial charge in [0, 0.05) is 13.7 Å². The van der Waals surface area contributed by atoms with Crippen LogP contribution in [0, 0.1) is 5.82 Å². The van der Waals surface area contributed by atoms with Gasteiger partial charge in [-0.25, -0.2) is 4.39 Å². The van der Waals surface area contributed by atoms with Gasteiger partial charge in [-0.05, 0) is 47.1 Å². The van der Waals surface area contributed by atoms with Gasteiger partial charge in [-0.15, -0.1) is 0 Å². The third kappa shape index (κ3) is 5.33. The quantitative estimate of drug-likeness (QED) is 0.747. The van der Waals surface area contributed by atoms with Gasteiger partial charge in [-0.2, -0.15) is 0 Å². The maximum absolute atomic E-state index is 13.0. The van der Waals surface area contributed by atoms with Crippen LogP contribution in [0.2, 0.25) is 0 Å². The van der Waals surface area contributed by atoms with Crippen LogP contribution < -0.4 is 10.1 Å². The molecular weight excluding hydrogens is 301 g/mol. The molecule has 0 heterocycles. The van der Waals surface area contributed by atoms with E-state index in [-0.39, 0.29) is 11.9 Å². The molecule has 5 heteroatoms. The summed E-state index contributed by atoms with van der Waals surface area (Å²) in [4.78, 5) is 0. The summed E-state index contributed by atoms with van der Waals surface area (Å²) in [5.41, 5.74) is 0. The summed E-state index contributed by atoms with van der Waals surface area (Å²) in [5, 5.41) is 3.28. The molecule has 3 nitrogen and oxygen atoms in total. The van der Waals surface area contributed by atoms with Gasteiger partial charge in [0.05, 0.1) is 11.1 Å². The number of benzene rings is 1. The van der Waals surface area contributed by atoms with E-state index in [2.05, 4.69) is 28.2 Å². The molecule has 18 heavy (non-hydrogen) atoms. The predicted octanol–water partition coefficient (Wildman–Crippen LogP) is 2.98. The van der Waals surface area contributed by atoms with Crippen molar-refractivity contribution in [3.8, 4) is 5.75 Å². The molecule has 0 saturated carbocycles. The van der Waals surface area contributed by atoms with E-state index in [0.717, 1.165) is 13.0 Å². The Morgan fingerprint density at radius 2 is 2.22 bits per heavy atom. The van der Waals surface area contributed by atoms with Gasteiger partial charge in [-0.1, -0.05) is 6.92 Å². The SMILES string of the molecule is CCCNCC(COC)Oc1ccc(F)cc1Br. The van der Waals surface area contributed by atoms with Crippen LogP contribution >= 0.6 is 15.9 Å². The Labute approximate surface area is 116 Å². The molecular formula is C13H19BrFNO2. The average Bonchev–Trinajstić information content (AvgIpc) is 2.33. The molecule has 0 amide bonds. The summed E-state index contributed by atoms with van der Waals surface area (Å²) >= 11 is 3.28. The predicted molar refractivity (Wildman–Crippen MR) is 73.6 cm³/mol. The van der Waals surface area contributed by atoms with Gasteiger partial charge in [-0.3, -0.25) is 0 Å². The molecule has 0 spiro atoms. The summed E-state index contributed by atoms with van der Waals surface area (Å²) in [5.74, 6) is 0.332. The number of methoxy groups -OCH3 is 1. The van der Waals surface area contributed by atoms with Crippen molar-refractivity contribution in [2.45, 2.75) is 19.4 Å². The summed E-state index contributed by atoms with van der Waals surface area (Å²) in [6.07, 6.45) is 0.975. The van der Waals surface area contributed by atoms with Crippen LogP contribution in [0.5, 0.6) is 5.75 Å². The lowest BCUT2D eigenvalue weighted by molar-refractivity contribution is 0.0802. The Hall–Kier alpha value is -0.650. The minimum atomic E-state index is -0.290. The first kappa shape index (κ1) is 15.4. The van der Waals surface area contributed by atoms with Crippen molar-refractivity contribution in [2.75, 3.05) is 26.8 Å². The second-order valence-electron chi connectivity index (χ2n) is 3.97. The van der Waals surface area contributed by atoms with E-state index in [0.29, 0.717) is 23.4 Å². The fraction of sp³-hybridized carbons (Fsp3) is 0.538. The average molecular weight is 320 g/mol. The van der Waals surface area contributed by atoms with Crippen molar-refractivity contribution >= 4 is 15.9 Å². The highest BCUT2D eigenvalue weighted by atomic mass is 79.9. The van der Waals surface area contributed by atoms with E-state index < -0.39 is 0 Å². The molecule has 0 bridgehead atoms. The molecule has 0 aliphatic heterocycles. The fourth-order valence-corrected chi connectivity index (χ4v) is 1.95. The lowest BCUT2D eigenvalue weighted by atomic mass is 10.3. The van der Waals surface area contributed by atoms with Crippen molar-refractivity contribution in [1.29, 1.82) is 0 Å². The maximum Gasteiger partial charge on any atom is 0.134 e. The Morgan fingerprint density at radius 3 is 2.83 bits per heavy atom. The van der Waals surface area contributed by atoms with E-state index in [4.69, 9.17) is 9.47 Å². The van der Waals surface area contributed by atoms with Crippen molar-refractivity contribution in [1.82, 2.24) is 5.32 Å². The molecule has 0 aliphatic carbocycles. The Balaban J connectivity index is 2.58. The molecule has 1 atom stereocenters. The highest BCUT2D eigenvalue weighted by Crippen LogP contribution is 2.26. The van der Waals surface area contributed by atoms with E-state index in [1.807, 2.05) is 0 Å². The number of halogens is 2. The van der Waals surface area contributed by atoms with E-state index in [9.17, 15) is 4.39 Å². The van der Waals surface area contributed by atoms with Crippen LogP contribution in [-0.4, -0.2) is 32.9 Å². The Kier molecular flexibility index (Phi) is 7.23. The van der Waals surface area contributed by atoms with Crippen LogP contribution in [0.25, 0.3) is 0 Å². The Bertz CT molecular complexity index is 363. The molecule has 1 N–H and O–H groups in total. The first-order valence-corrected chi connectivity index (χ1v) is 6.78. The molecule has 0 aliphatic rings. The summed E-state index contributed by atoms with van der Waals surface area (Å²) < 4.78 is 24.5. The molecule has 0 aromatic heterocycles. The van der Waals surface area contributed by atoms with E-state index >= 15 is 0 Å². The molecule has 0 radical (unpaired) electrons. The zero-order valence-corrected chi connectivity index (χ0v) is 12.3. The van der Waals surface area contributed by atoms with E-state index in [1.54, 1.807) is 13.2 Å². The smallest absolute Gasteiger partial charge is 0.134 e. The second-order valence-corrected chi connectivity index (χ2v) is 4.83. The first-order chi connectivity index (χ1) is 8.67. The minimum absolute atomic E-state index is 0.0942. The van der Waals surface area contributed by atoms with Gasteiger partial charge in [0.1, 0.15) is 17.7 Å². The van der Waals surface area contributed by atoms with Gasteiger partial charge >= 0.3 is 0 Å². The van der Waals surface area contributed by atoms with Crippen LogP contribution in [0.15, 0.2) is 22.7 Å². The third-order valence-electron chi connectivity index (χ3n) is 2.34. The number of rotatable bonds is 8. The summed E-state index contributed by atoms with van der Waals surface area (Å²) in [6.45, 7) is 4.23. The minimum Gasteiger partial charge on any atom is -0.486 e. The topological polar surface area (TPSA) is 30.5 Å². The summed E-state index contributed by atoms with van der Waals surface area (Å²) in [7, 11) is 1.63. The normalized spacial score (nSPS) is 12.4. The van der Waals surface area contributed by atoms with Gasteiger partial charge in [0.25, 0.3) is 0 Å². The summed E-state index contributed by atoms with van der Waals surface area (Å²) in [6, 6.07) is 4.38. The van der Waals surface area contributed by atoms with Crippen molar-refractivity contribution < 1.29 is 13.9 Å². The van der Waals surface area contributed by atoms with E-state index in [1.165, 1.54) is 12.1 Å². The number of hydrogen-bond donors (Lipinski definition) is 1. The van der Waals surface area contributed by atoms with Crippen LogP contribution in [0.1, 0.15) is 13.3 Å². The molecule has 1 rings (SSSR count). The molecule has 1 unspecified atom stereocenters. The number of nitrogens with one attached hydrogen (secondary N) is 1.